The number of nitrogen functional groups attached to an aromatic ring is 1. The zero-order valence-electron chi connectivity index (χ0n) is 11.4. The van der Waals surface area contributed by atoms with E-state index in [4.69, 9.17) is 15.2 Å². The van der Waals surface area contributed by atoms with E-state index in [0.29, 0.717) is 36.1 Å². The number of hydrogen-bond donors (Lipinski definition) is 2. The molecule has 1 aromatic rings. The number of carbonyl (C=O) groups excluding carboxylic acids is 1. The van der Waals surface area contributed by atoms with Gasteiger partial charge in [-0.3, -0.25) is 4.79 Å². The van der Waals surface area contributed by atoms with Gasteiger partial charge in [-0.1, -0.05) is 0 Å². The van der Waals surface area contributed by atoms with Crippen molar-refractivity contribution in [3.63, 3.8) is 0 Å². The summed E-state index contributed by atoms with van der Waals surface area (Å²) in [5, 5.41) is 3.09. The lowest BCUT2D eigenvalue weighted by Crippen LogP contribution is -2.33. The number of ether oxygens (including phenoxy) is 2. The van der Waals surface area contributed by atoms with Crippen molar-refractivity contribution in [2.24, 2.45) is 0 Å². The molecule has 2 aliphatic heterocycles. The van der Waals surface area contributed by atoms with E-state index in [-0.39, 0.29) is 12.5 Å². The summed E-state index contributed by atoms with van der Waals surface area (Å²) < 4.78 is 11.0. The lowest BCUT2D eigenvalue weighted by molar-refractivity contribution is -0.128. The predicted octanol–water partition coefficient (Wildman–Crippen LogP) is 1.07. The highest BCUT2D eigenvalue weighted by Gasteiger charge is 2.19. The quantitative estimate of drug-likeness (QED) is 0.808. The van der Waals surface area contributed by atoms with Crippen molar-refractivity contribution >= 4 is 17.3 Å². The SMILES string of the molecule is Nc1cc2c(cc1NCC(=O)N1CCCC1)OCCO2. The topological polar surface area (TPSA) is 76.8 Å². The Morgan fingerprint density at radius 3 is 2.55 bits per heavy atom. The fourth-order valence-electron chi connectivity index (χ4n) is 2.51. The Bertz CT molecular complexity index is 513. The summed E-state index contributed by atoms with van der Waals surface area (Å²) in [7, 11) is 0. The van der Waals surface area contributed by atoms with Crippen LogP contribution < -0.4 is 20.5 Å². The number of anilines is 2. The third kappa shape index (κ3) is 2.59. The Morgan fingerprint density at radius 2 is 1.85 bits per heavy atom. The number of carbonyl (C=O) groups is 1. The van der Waals surface area contributed by atoms with E-state index in [9.17, 15) is 4.79 Å². The molecule has 3 rings (SSSR count). The molecular formula is C14H19N3O3. The van der Waals surface area contributed by atoms with Crippen molar-refractivity contribution in [1.29, 1.82) is 0 Å². The standard InChI is InChI=1S/C14H19N3O3/c15-10-7-12-13(20-6-5-19-12)8-11(10)16-9-14(18)17-3-1-2-4-17/h7-8,16H,1-6,9,15H2. The maximum atomic E-state index is 12.0. The minimum Gasteiger partial charge on any atom is -0.486 e. The summed E-state index contributed by atoms with van der Waals surface area (Å²) in [4.78, 5) is 13.9. The molecule has 1 fully saturated rings. The van der Waals surface area contributed by atoms with E-state index in [0.717, 1.165) is 25.9 Å². The lowest BCUT2D eigenvalue weighted by Gasteiger charge is -2.21. The van der Waals surface area contributed by atoms with E-state index in [1.54, 1.807) is 12.1 Å². The molecule has 6 nitrogen and oxygen atoms in total. The molecule has 0 atom stereocenters. The molecule has 0 aromatic heterocycles. The highest BCUT2D eigenvalue weighted by atomic mass is 16.6. The highest BCUT2D eigenvalue weighted by molar-refractivity contribution is 5.83. The van der Waals surface area contributed by atoms with Crippen LogP contribution in [0.5, 0.6) is 11.5 Å². The second-order valence-electron chi connectivity index (χ2n) is 5.02. The minimum atomic E-state index is 0.108. The van der Waals surface area contributed by atoms with Crippen molar-refractivity contribution in [3.05, 3.63) is 12.1 Å². The minimum absolute atomic E-state index is 0.108. The average molecular weight is 277 g/mol. The van der Waals surface area contributed by atoms with Crippen LogP contribution in [-0.4, -0.2) is 43.7 Å². The third-order valence-corrected chi connectivity index (χ3v) is 3.60. The number of hydrogen-bond acceptors (Lipinski definition) is 5. The molecule has 0 unspecified atom stereocenters. The fraction of sp³-hybridized carbons (Fsp3) is 0.500. The first-order valence-electron chi connectivity index (χ1n) is 6.95. The van der Waals surface area contributed by atoms with Crippen LogP contribution >= 0.6 is 0 Å². The fourth-order valence-corrected chi connectivity index (χ4v) is 2.51. The lowest BCUT2D eigenvalue weighted by atomic mass is 10.2. The molecule has 0 aliphatic carbocycles. The van der Waals surface area contributed by atoms with Crippen molar-refractivity contribution < 1.29 is 14.3 Å². The van der Waals surface area contributed by atoms with E-state index < -0.39 is 0 Å². The summed E-state index contributed by atoms with van der Waals surface area (Å²) in [6.07, 6.45) is 2.19. The van der Waals surface area contributed by atoms with Crippen LogP contribution in [0.2, 0.25) is 0 Å². The van der Waals surface area contributed by atoms with Gasteiger partial charge in [0.1, 0.15) is 13.2 Å². The maximum Gasteiger partial charge on any atom is 0.241 e. The van der Waals surface area contributed by atoms with Crippen LogP contribution in [0.25, 0.3) is 0 Å². The van der Waals surface area contributed by atoms with Crippen molar-refractivity contribution in [3.8, 4) is 11.5 Å². The second kappa shape index (κ2) is 5.48. The van der Waals surface area contributed by atoms with E-state index in [2.05, 4.69) is 5.32 Å². The number of nitrogens with one attached hydrogen (secondary N) is 1. The van der Waals surface area contributed by atoms with Gasteiger partial charge in [0.05, 0.1) is 17.9 Å². The average Bonchev–Trinajstić information content (AvgIpc) is 2.99. The molecule has 3 N–H and O–H groups in total. The van der Waals surface area contributed by atoms with Gasteiger partial charge < -0.3 is 25.4 Å². The van der Waals surface area contributed by atoms with Gasteiger partial charge >= 0.3 is 0 Å². The normalized spacial score (nSPS) is 17.1. The molecule has 2 heterocycles. The molecule has 0 spiro atoms. The van der Waals surface area contributed by atoms with E-state index in [1.165, 1.54) is 0 Å². The first-order valence-corrected chi connectivity index (χ1v) is 6.95. The molecule has 0 bridgehead atoms. The summed E-state index contributed by atoms with van der Waals surface area (Å²) in [5.41, 5.74) is 7.23. The van der Waals surface area contributed by atoms with Gasteiger partial charge in [-0.25, -0.2) is 0 Å². The Kier molecular flexibility index (Phi) is 3.54. The molecule has 1 aromatic carbocycles. The maximum absolute atomic E-state index is 12.0. The molecule has 108 valence electrons. The number of rotatable bonds is 3. The van der Waals surface area contributed by atoms with Gasteiger partial charge in [0, 0.05) is 25.2 Å². The van der Waals surface area contributed by atoms with Gasteiger partial charge in [0.2, 0.25) is 5.91 Å². The van der Waals surface area contributed by atoms with E-state index in [1.807, 2.05) is 4.90 Å². The van der Waals surface area contributed by atoms with Gasteiger partial charge in [-0.05, 0) is 12.8 Å². The smallest absolute Gasteiger partial charge is 0.241 e. The molecule has 6 heteroatoms. The number of nitrogens with two attached hydrogens (primary N) is 1. The molecule has 1 saturated heterocycles. The molecule has 1 amide bonds. The van der Waals surface area contributed by atoms with Crippen LogP contribution in [0.15, 0.2) is 12.1 Å². The van der Waals surface area contributed by atoms with Crippen LogP contribution in [0.4, 0.5) is 11.4 Å². The molecule has 0 radical (unpaired) electrons. The highest BCUT2D eigenvalue weighted by Crippen LogP contribution is 2.36. The Hall–Kier alpha value is -2.11. The summed E-state index contributed by atoms with van der Waals surface area (Å²) in [6.45, 7) is 3.04. The van der Waals surface area contributed by atoms with Crippen molar-refractivity contribution in [1.82, 2.24) is 4.90 Å². The first kappa shape index (κ1) is 12.9. The largest absolute Gasteiger partial charge is 0.486 e. The summed E-state index contributed by atoms with van der Waals surface area (Å²) in [5.74, 6) is 1.43. The van der Waals surface area contributed by atoms with Gasteiger partial charge in [-0.15, -0.1) is 0 Å². The van der Waals surface area contributed by atoms with Crippen LogP contribution in [0.3, 0.4) is 0 Å². The van der Waals surface area contributed by atoms with Gasteiger partial charge in [-0.2, -0.15) is 0 Å². The predicted molar refractivity (Wildman–Crippen MR) is 76.1 cm³/mol. The molecule has 0 saturated carbocycles. The van der Waals surface area contributed by atoms with Crippen molar-refractivity contribution in [2.75, 3.05) is 43.9 Å². The van der Waals surface area contributed by atoms with Crippen LogP contribution in [0.1, 0.15) is 12.8 Å². The number of nitrogens with zero attached hydrogens (tertiary/aromatic N) is 1. The summed E-state index contributed by atoms with van der Waals surface area (Å²) in [6, 6.07) is 3.53. The van der Waals surface area contributed by atoms with Crippen molar-refractivity contribution in [2.45, 2.75) is 12.8 Å². The first-order chi connectivity index (χ1) is 9.74. The monoisotopic (exact) mass is 277 g/mol. The Balaban J connectivity index is 1.66. The Morgan fingerprint density at radius 1 is 1.20 bits per heavy atom. The summed E-state index contributed by atoms with van der Waals surface area (Å²) >= 11 is 0. The molecule has 20 heavy (non-hydrogen) atoms. The number of likely N-dealkylation sites (tertiary alicyclic amines) is 1. The van der Waals surface area contributed by atoms with E-state index >= 15 is 0 Å². The zero-order chi connectivity index (χ0) is 13.9. The van der Waals surface area contributed by atoms with Crippen LogP contribution in [0, 0.1) is 0 Å². The third-order valence-electron chi connectivity index (χ3n) is 3.60. The van der Waals surface area contributed by atoms with Crippen LogP contribution in [-0.2, 0) is 4.79 Å². The zero-order valence-corrected chi connectivity index (χ0v) is 11.4. The number of fused-ring (bicyclic) bond motifs is 1. The van der Waals surface area contributed by atoms with Gasteiger partial charge in [0.25, 0.3) is 0 Å². The van der Waals surface area contributed by atoms with Gasteiger partial charge in [0.15, 0.2) is 11.5 Å². The molecule has 2 aliphatic rings. The Labute approximate surface area is 117 Å². The molecular weight excluding hydrogens is 258 g/mol. The number of amides is 1. The second-order valence-corrected chi connectivity index (χ2v) is 5.02. The number of benzene rings is 1.